The maximum atomic E-state index is 12.9. The Hall–Kier alpha value is -2.09. The van der Waals surface area contributed by atoms with Gasteiger partial charge >= 0.3 is 0 Å². The molecular weight excluding hydrogens is 463 g/mol. The fourth-order valence-corrected chi connectivity index (χ4v) is 4.05. The minimum absolute atomic E-state index is 0. The zero-order valence-corrected chi connectivity index (χ0v) is 18.6. The Labute approximate surface area is 183 Å². The van der Waals surface area contributed by atoms with Crippen LogP contribution in [0, 0.1) is 0 Å². The van der Waals surface area contributed by atoms with Gasteiger partial charge in [-0.05, 0) is 42.0 Å². The van der Waals surface area contributed by atoms with Gasteiger partial charge in [0.25, 0.3) is 0 Å². The molecule has 148 valence electrons. The molecule has 6 heteroatoms. The highest BCUT2D eigenvalue weighted by atomic mass is 127. The van der Waals surface area contributed by atoms with Crippen LogP contribution in [0.3, 0.4) is 0 Å². The van der Waals surface area contributed by atoms with Gasteiger partial charge in [0.15, 0.2) is 5.96 Å². The minimum Gasteiger partial charge on any atom is -0.347 e. The van der Waals surface area contributed by atoms with E-state index in [0.29, 0.717) is 0 Å². The molecule has 0 atom stereocenters. The number of hydrogen-bond donors (Lipinski definition) is 1. The van der Waals surface area contributed by atoms with E-state index >= 15 is 0 Å². The summed E-state index contributed by atoms with van der Waals surface area (Å²) in [6.45, 7) is 2.79. The number of halogens is 1. The molecule has 1 N–H and O–H groups in total. The number of benzene rings is 2. The molecule has 1 amide bonds. The van der Waals surface area contributed by atoms with Gasteiger partial charge in [0, 0.05) is 32.4 Å². The predicted octanol–water partition coefficient (Wildman–Crippen LogP) is 3.22. The number of aryl methyl sites for hydroxylation is 1. The molecule has 5 nitrogen and oxygen atoms in total. The minimum atomic E-state index is 0. The summed E-state index contributed by atoms with van der Waals surface area (Å²) in [5.74, 6) is 0.892. The van der Waals surface area contributed by atoms with Crippen molar-refractivity contribution in [2.75, 3.05) is 31.6 Å². The van der Waals surface area contributed by atoms with Gasteiger partial charge in [0.2, 0.25) is 5.91 Å². The van der Waals surface area contributed by atoms with Gasteiger partial charge in [-0.2, -0.15) is 0 Å². The molecule has 0 spiro atoms. The SMILES string of the molecule is CN=C(NCC(=O)N1CCCc2ccccc21)N1CCc2ccccc2C1.I. The summed E-state index contributed by atoms with van der Waals surface area (Å²) < 4.78 is 0. The van der Waals surface area contributed by atoms with Crippen molar-refractivity contribution >= 4 is 41.5 Å². The Morgan fingerprint density at radius 1 is 1.00 bits per heavy atom. The summed E-state index contributed by atoms with van der Waals surface area (Å²) >= 11 is 0. The number of guanidine groups is 1. The lowest BCUT2D eigenvalue weighted by Gasteiger charge is -2.33. The van der Waals surface area contributed by atoms with Crippen molar-refractivity contribution in [3.63, 3.8) is 0 Å². The van der Waals surface area contributed by atoms with Crippen molar-refractivity contribution in [1.82, 2.24) is 10.2 Å². The topological polar surface area (TPSA) is 47.9 Å². The van der Waals surface area contributed by atoms with Crippen LogP contribution in [-0.4, -0.2) is 43.4 Å². The summed E-state index contributed by atoms with van der Waals surface area (Å²) in [6, 6.07) is 16.7. The van der Waals surface area contributed by atoms with Crippen LogP contribution in [0.2, 0.25) is 0 Å². The van der Waals surface area contributed by atoms with Gasteiger partial charge in [-0.1, -0.05) is 42.5 Å². The number of aliphatic imine (C=N–C) groups is 1. The van der Waals surface area contributed by atoms with Gasteiger partial charge < -0.3 is 15.1 Å². The van der Waals surface area contributed by atoms with Crippen molar-refractivity contribution in [3.05, 3.63) is 65.2 Å². The molecule has 4 rings (SSSR count). The highest BCUT2D eigenvalue weighted by Gasteiger charge is 2.23. The molecule has 2 heterocycles. The van der Waals surface area contributed by atoms with Gasteiger partial charge in [-0.15, -0.1) is 24.0 Å². The number of carbonyl (C=O) groups is 1. The Morgan fingerprint density at radius 3 is 2.50 bits per heavy atom. The zero-order valence-electron chi connectivity index (χ0n) is 16.2. The van der Waals surface area contributed by atoms with E-state index in [9.17, 15) is 4.79 Å². The number of nitrogens with one attached hydrogen (secondary N) is 1. The van der Waals surface area contributed by atoms with E-state index in [1.165, 1.54) is 16.7 Å². The van der Waals surface area contributed by atoms with E-state index in [1.807, 2.05) is 23.1 Å². The standard InChI is InChI=1S/C22H26N4O.HI/c1-23-22(25-14-12-17-7-2-3-9-19(17)16-25)24-15-21(27)26-13-6-10-18-8-4-5-11-20(18)26;/h2-5,7-9,11H,6,10,12-16H2,1H3,(H,23,24);1H. The molecule has 2 aromatic carbocycles. The molecule has 2 aliphatic heterocycles. The third-order valence-corrected chi connectivity index (χ3v) is 5.45. The number of amides is 1. The summed E-state index contributed by atoms with van der Waals surface area (Å²) in [5.41, 5.74) is 5.06. The fraction of sp³-hybridized carbons (Fsp3) is 0.364. The van der Waals surface area contributed by atoms with Gasteiger partial charge in [0.1, 0.15) is 0 Å². The third kappa shape index (κ3) is 4.32. The second-order valence-corrected chi connectivity index (χ2v) is 7.12. The van der Waals surface area contributed by atoms with Crippen molar-refractivity contribution in [2.24, 2.45) is 4.99 Å². The molecule has 0 bridgehead atoms. The Morgan fingerprint density at radius 2 is 1.71 bits per heavy atom. The Bertz CT molecular complexity index is 867. The summed E-state index contributed by atoms with van der Waals surface area (Å²) in [4.78, 5) is 21.4. The normalized spacial score (nSPS) is 16.0. The number of nitrogens with zero attached hydrogens (tertiary/aromatic N) is 3. The smallest absolute Gasteiger partial charge is 0.246 e. The second kappa shape index (κ2) is 9.41. The van der Waals surface area contributed by atoms with Crippen LogP contribution in [0.1, 0.15) is 23.1 Å². The molecule has 0 aliphatic carbocycles. The number of fused-ring (bicyclic) bond motifs is 2. The number of para-hydroxylation sites is 1. The molecule has 0 aromatic heterocycles. The van der Waals surface area contributed by atoms with Crippen molar-refractivity contribution < 1.29 is 4.79 Å². The molecule has 28 heavy (non-hydrogen) atoms. The molecular formula is C22H27IN4O. The van der Waals surface area contributed by atoms with Gasteiger partial charge in [-0.25, -0.2) is 0 Å². The highest BCUT2D eigenvalue weighted by molar-refractivity contribution is 14.0. The van der Waals surface area contributed by atoms with Crippen LogP contribution in [0.25, 0.3) is 0 Å². The Balaban J connectivity index is 0.00000225. The van der Waals surface area contributed by atoms with E-state index in [2.05, 4.69) is 45.5 Å². The van der Waals surface area contributed by atoms with E-state index in [4.69, 9.17) is 0 Å². The van der Waals surface area contributed by atoms with Crippen LogP contribution in [0.15, 0.2) is 53.5 Å². The zero-order chi connectivity index (χ0) is 18.6. The molecule has 2 aromatic rings. The van der Waals surface area contributed by atoms with Crippen LogP contribution in [0.5, 0.6) is 0 Å². The number of rotatable bonds is 2. The third-order valence-electron chi connectivity index (χ3n) is 5.45. The highest BCUT2D eigenvalue weighted by Crippen LogP contribution is 2.26. The lowest BCUT2D eigenvalue weighted by molar-refractivity contribution is -0.117. The summed E-state index contributed by atoms with van der Waals surface area (Å²) in [6.07, 6.45) is 3.06. The number of anilines is 1. The van der Waals surface area contributed by atoms with E-state index < -0.39 is 0 Å². The van der Waals surface area contributed by atoms with E-state index in [-0.39, 0.29) is 36.4 Å². The largest absolute Gasteiger partial charge is 0.347 e. The van der Waals surface area contributed by atoms with Crippen LogP contribution < -0.4 is 10.2 Å². The van der Waals surface area contributed by atoms with Gasteiger partial charge in [-0.3, -0.25) is 9.79 Å². The first-order chi connectivity index (χ1) is 13.3. The predicted molar refractivity (Wildman–Crippen MR) is 124 cm³/mol. The first-order valence-corrected chi connectivity index (χ1v) is 9.67. The van der Waals surface area contributed by atoms with Crippen LogP contribution >= 0.6 is 24.0 Å². The number of hydrogen-bond acceptors (Lipinski definition) is 2. The van der Waals surface area contributed by atoms with E-state index in [0.717, 1.165) is 50.5 Å². The maximum Gasteiger partial charge on any atom is 0.246 e. The first-order valence-electron chi connectivity index (χ1n) is 9.67. The van der Waals surface area contributed by atoms with Crippen molar-refractivity contribution in [3.8, 4) is 0 Å². The molecule has 0 saturated heterocycles. The lowest BCUT2D eigenvalue weighted by atomic mass is 10.0. The van der Waals surface area contributed by atoms with Crippen molar-refractivity contribution in [2.45, 2.75) is 25.8 Å². The van der Waals surface area contributed by atoms with Crippen LogP contribution in [-0.2, 0) is 24.2 Å². The molecule has 0 radical (unpaired) electrons. The Kier molecular flexibility index (Phi) is 6.93. The maximum absolute atomic E-state index is 12.9. The first kappa shape index (κ1) is 20.6. The molecule has 0 fully saturated rings. The second-order valence-electron chi connectivity index (χ2n) is 7.12. The molecule has 0 saturated carbocycles. The monoisotopic (exact) mass is 490 g/mol. The summed E-state index contributed by atoms with van der Waals surface area (Å²) in [7, 11) is 1.78. The molecule has 0 unspecified atom stereocenters. The summed E-state index contributed by atoms with van der Waals surface area (Å²) in [5, 5.41) is 3.28. The van der Waals surface area contributed by atoms with E-state index in [1.54, 1.807) is 7.05 Å². The lowest BCUT2D eigenvalue weighted by Crippen LogP contribution is -2.48. The van der Waals surface area contributed by atoms with Crippen LogP contribution in [0.4, 0.5) is 5.69 Å². The number of carbonyl (C=O) groups excluding carboxylic acids is 1. The average Bonchev–Trinajstić information content (AvgIpc) is 2.73. The molecule has 2 aliphatic rings. The quantitative estimate of drug-likeness (QED) is 0.400. The van der Waals surface area contributed by atoms with Gasteiger partial charge in [0.05, 0.1) is 6.54 Å². The van der Waals surface area contributed by atoms with Crippen molar-refractivity contribution in [1.29, 1.82) is 0 Å². The average molecular weight is 490 g/mol. The fourth-order valence-electron chi connectivity index (χ4n) is 4.05.